The molecule has 30 heavy (non-hydrogen) atoms. The highest BCUT2D eigenvalue weighted by atomic mass is 32.2. The molecule has 0 fully saturated rings. The van der Waals surface area contributed by atoms with Crippen molar-refractivity contribution in [1.29, 1.82) is 0 Å². The summed E-state index contributed by atoms with van der Waals surface area (Å²) in [6, 6.07) is 16.2. The topological polar surface area (TPSA) is 67.8 Å². The number of Topliss-reactive ketones (excluding diaryl/α,β-unsaturated/α-hetero) is 2. The lowest BCUT2D eigenvalue weighted by Crippen LogP contribution is -2.07. The Morgan fingerprint density at radius 2 is 1.73 bits per heavy atom. The fourth-order valence-electron chi connectivity index (χ4n) is 3.80. The maximum atomic E-state index is 12.9. The van der Waals surface area contributed by atoms with E-state index in [0.717, 1.165) is 33.1 Å². The number of para-hydroxylation sites is 2. The zero-order chi connectivity index (χ0) is 21.4. The van der Waals surface area contributed by atoms with Gasteiger partial charge in [-0.2, -0.15) is 0 Å². The lowest BCUT2D eigenvalue weighted by molar-refractivity contribution is 0.101. The van der Waals surface area contributed by atoms with Crippen molar-refractivity contribution in [3.05, 3.63) is 76.6 Å². The average Bonchev–Trinajstić information content (AvgIpc) is 3.23. The number of imidazole rings is 1. The monoisotopic (exact) mass is 417 g/mol. The predicted octanol–water partition coefficient (Wildman–Crippen LogP) is 5.46. The average molecular weight is 418 g/mol. The normalized spacial score (nSPS) is 11.2. The van der Waals surface area contributed by atoms with E-state index in [-0.39, 0.29) is 17.3 Å². The molecule has 2 aromatic carbocycles. The summed E-state index contributed by atoms with van der Waals surface area (Å²) in [6.07, 6.45) is 0. The van der Waals surface area contributed by atoms with Crippen LogP contribution in [-0.2, 0) is 0 Å². The standard InChI is InChI=1S/C24H23N3O2S/c1-14-9-11-18(12-10-14)27-20-8-6-5-7-19(20)26-24(27)30-13-21(29)23-15(2)22(17(4)28)16(3)25-23/h5-12,25H,13H2,1-4H3. The number of aromatic amines is 1. The molecule has 0 aliphatic rings. The molecule has 2 aromatic heterocycles. The Hall–Kier alpha value is -3.12. The number of nitrogens with one attached hydrogen (secondary N) is 1. The highest BCUT2D eigenvalue weighted by Gasteiger charge is 2.21. The fourth-order valence-corrected chi connectivity index (χ4v) is 4.70. The van der Waals surface area contributed by atoms with Crippen molar-refractivity contribution >= 4 is 34.4 Å². The van der Waals surface area contributed by atoms with Gasteiger partial charge in [-0.15, -0.1) is 0 Å². The molecule has 0 saturated carbocycles. The number of hydrogen-bond acceptors (Lipinski definition) is 4. The van der Waals surface area contributed by atoms with E-state index in [2.05, 4.69) is 40.7 Å². The molecule has 0 amide bonds. The van der Waals surface area contributed by atoms with Crippen LogP contribution in [-0.4, -0.2) is 31.9 Å². The summed E-state index contributed by atoms with van der Waals surface area (Å²) in [5, 5.41) is 0.765. The first kappa shape index (κ1) is 20.2. The van der Waals surface area contributed by atoms with E-state index >= 15 is 0 Å². The molecule has 1 N–H and O–H groups in total. The second-order valence-corrected chi connectivity index (χ2v) is 8.39. The number of nitrogens with zero attached hydrogens (tertiary/aromatic N) is 2. The molecule has 0 spiro atoms. The highest BCUT2D eigenvalue weighted by Crippen LogP contribution is 2.29. The van der Waals surface area contributed by atoms with Crippen LogP contribution in [0.4, 0.5) is 0 Å². The molecular formula is C24H23N3O2S. The first-order valence-corrected chi connectivity index (χ1v) is 10.8. The van der Waals surface area contributed by atoms with Gasteiger partial charge >= 0.3 is 0 Å². The largest absolute Gasteiger partial charge is 0.355 e. The van der Waals surface area contributed by atoms with E-state index in [1.165, 1.54) is 24.2 Å². The summed E-state index contributed by atoms with van der Waals surface area (Å²) in [4.78, 5) is 32.7. The Kier molecular flexibility index (Phi) is 5.35. The Morgan fingerprint density at radius 3 is 2.40 bits per heavy atom. The van der Waals surface area contributed by atoms with E-state index in [1.807, 2.05) is 38.1 Å². The Labute approximate surface area is 179 Å². The molecule has 0 bridgehead atoms. The number of H-pyrrole nitrogens is 1. The molecule has 2 heterocycles. The van der Waals surface area contributed by atoms with Crippen LogP contribution in [0, 0.1) is 20.8 Å². The third-order valence-electron chi connectivity index (χ3n) is 5.22. The first-order valence-electron chi connectivity index (χ1n) is 9.77. The van der Waals surface area contributed by atoms with Crippen molar-refractivity contribution in [2.24, 2.45) is 0 Å². The number of thioether (sulfide) groups is 1. The van der Waals surface area contributed by atoms with Gasteiger partial charge in [0.15, 0.2) is 16.7 Å². The van der Waals surface area contributed by atoms with Gasteiger partial charge in [-0.05, 0) is 57.5 Å². The van der Waals surface area contributed by atoms with Gasteiger partial charge in [-0.25, -0.2) is 4.98 Å². The number of fused-ring (bicyclic) bond motifs is 1. The van der Waals surface area contributed by atoms with Crippen LogP contribution >= 0.6 is 11.8 Å². The summed E-state index contributed by atoms with van der Waals surface area (Å²) < 4.78 is 2.08. The van der Waals surface area contributed by atoms with Gasteiger partial charge in [0.1, 0.15) is 0 Å². The Bertz CT molecular complexity index is 1270. The van der Waals surface area contributed by atoms with Gasteiger partial charge in [0.2, 0.25) is 0 Å². The van der Waals surface area contributed by atoms with Gasteiger partial charge < -0.3 is 4.98 Å². The molecule has 6 heteroatoms. The maximum Gasteiger partial charge on any atom is 0.189 e. The minimum atomic E-state index is -0.0457. The smallest absolute Gasteiger partial charge is 0.189 e. The molecule has 0 saturated heterocycles. The third-order valence-corrected chi connectivity index (χ3v) is 6.16. The quantitative estimate of drug-likeness (QED) is 0.334. The van der Waals surface area contributed by atoms with Crippen LogP contribution in [0.2, 0.25) is 0 Å². The molecular weight excluding hydrogens is 394 g/mol. The number of aryl methyl sites for hydroxylation is 2. The zero-order valence-corrected chi connectivity index (χ0v) is 18.3. The SMILES string of the molecule is CC(=O)c1c(C)[nH]c(C(=O)CSc2nc3ccccc3n2-c2ccc(C)cc2)c1C. The van der Waals surface area contributed by atoms with Crippen molar-refractivity contribution in [3.8, 4) is 5.69 Å². The molecule has 4 aromatic rings. The summed E-state index contributed by atoms with van der Waals surface area (Å²) in [7, 11) is 0. The van der Waals surface area contributed by atoms with E-state index in [4.69, 9.17) is 4.98 Å². The van der Waals surface area contributed by atoms with Gasteiger partial charge in [-0.3, -0.25) is 14.2 Å². The number of carbonyl (C=O) groups is 2. The Balaban J connectivity index is 1.67. The van der Waals surface area contributed by atoms with Crippen LogP contribution in [0.25, 0.3) is 16.7 Å². The van der Waals surface area contributed by atoms with Crippen LogP contribution < -0.4 is 0 Å². The van der Waals surface area contributed by atoms with Crippen molar-refractivity contribution < 1.29 is 9.59 Å². The Morgan fingerprint density at radius 1 is 1.03 bits per heavy atom. The molecule has 0 aliphatic carbocycles. The summed E-state index contributed by atoms with van der Waals surface area (Å²) in [6.45, 7) is 7.22. The van der Waals surface area contributed by atoms with Crippen LogP contribution in [0.5, 0.6) is 0 Å². The van der Waals surface area contributed by atoms with Gasteiger partial charge in [-0.1, -0.05) is 41.6 Å². The van der Waals surface area contributed by atoms with Crippen LogP contribution in [0.3, 0.4) is 0 Å². The van der Waals surface area contributed by atoms with E-state index < -0.39 is 0 Å². The molecule has 0 aliphatic heterocycles. The zero-order valence-electron chi connectivity index (χ0n) is 17.4. The summed E-state index contributed by atoms with van der Waals surface area (Å²) in [5.74, 6) is 0.151. The van der Waals surface area contributed by atoms with Gasteiger partial charge in [0.25, 0.3) is 0 Å². The number of rotatable bonds is 6. The molecule has 4 rings (SSSR count). The number of carbonyl (C=O) groups excluding carboxylic acids is 2. The van der Waals surface area contributed by atoms with Gasteiger partial charge in [0, 0.05) is 16.9 Å². The molecule has 152 valence electrons. The lowest BCUT2D eigenvalue weighted by atomic mass is 10.1. The van der Waals surface area contributed by atoms with Crippen LogP contribution in [0.1, 0.15) is 44.6 Å². The van der Waals surface area contributed by atoms with E-state index in [0.29, 0.717) is 11.3 Å². The van der Waals surface area contributed by atoms with Gasteiger partial charge in [0.05, 0.1) is 22.5 Å². The molecule has 0 unspecified atom stereocenters. The van der Waals surface area contributed by atoms with Crippen molar-refractivity contribution in [2.45, 2.75) is 32.9 Å². The van der Waals surface area contributed by atoms with Crippen LogP contribution in [0.15, 0.2) is 53.7 Å². The second-order valence-electron chi connectivity index (χ2n) is 7.45. The number of ketones is 2. The summed E-state index contributed by atoms with van der Waals surface area (Å²) in [5.41, 5.74) is 6.65. The number of benzene rings is 2. The van der Waals surface area contributed by atoms with Crippen molar-refractivity contribution in [2.75, 3.05) is 5.75 Å². The highest BCUT2D eigenvalue weighted by molar-refractivity contribution is 7.99. The molecule has 0 radical (unpaired) electrons. The van der Waals surface area contributed by atoms with Crippen molar-refractivity contribution in [1.82, 2.24) is 14.5 Å². The minimum Gasteiger partial charge on any atom is -0.355 e. The molecule has 5 nitrogen and oxygen atoms in total. The molecule has 0 atom stereocenters. The maximum absolute atomic E-state index is 12.9. The number of hydrogen-bond donors (Lipinski definition) is 1. The summed E-state index contributed by atoms with van der Waals surface area (Å²) >= 11 is 1.40. The van der Waals surface area contributed by atoms with Crippen molar-refractivity contribution in [3.63, 3.8) is 0 Å². The minimum absolute atomic E-state index is 0.0332. The third kappa shape index (κ3) is 3.59. The second kappa shape index (κ2) is 7.95. The fraction of sp³-hybridized carbons (Fsp3) is 0.208. The van der Waals surface area contributed by atoms with E-state index in [9.17, 15) is 9.59 Å². The predicted molar refractivity (Wildman–Crippen MR) is 121 cm³/mol. The number of aromatic nitrogens is 3. The lowest BCUT2D eigenvalue weighted by Gasteiger charge is -2.09. The van der Waals surface area contributed by atoms with E-state index in [1.54, 1.807) is 0 Å². The first-order chi connectivity index (χ1) is 14.4.